The predicted octanol–water partition coefficient (Wildman–Crippen LogP) is 0.575. The second-order valence-corrected chi connectivity index (χ2v) is 6.75. The predicted molar refractivity (Wildman–Crippen MR) is 91.5 cm³/mol. The molecule has 4 N–H and O–H groups in total. The molecule has 3 atom stereocenters. The van der Waals surface area contributed by atoms with Crippen LogP contribution in [0.1, 0.15) is 6.42 Å². The third kappa shape index (κ3) is 3.65. The van der Waals surface area contributed by atoms with E-state index in [2.05, 4.69) is 16.0 Å². The summed E-state index contributed by atoms with van der Waals surface area (Å²) in [5.41, 5.74) is 0.397. The number of amides is 4. The smallest absolute Gasteiger partial charge is 0.319 e. The first kappa shape index (κ1) is 17.8. The van der Waals surface area contributed by atoms with E-state index in [1.54, 1.807) is 12.1 Å². The van der Waals surface area contributed by atoms with Crippen LogP contribution in [0.2, 0.25) is 10.0 Å². The molecule has 4 amide bonds. The van der Waals surface area contributed by atoms with Gasteiger partial charge in [-0.15, -0.1) is 0 Å². The van der Waals surface area contributed by atoms with Crippen molar-refractivity contribution in [3.05, 3.63) is 28.2 Å². The van der Waals surface area contributed by atoms with E-state index >= 15 is 0 Å². The number of urea groups is 1. The van der Waals surface area contributed by atoms with Crippen LogP contribution in [-0.2, 0) is 9.59 Å². The highest BCUT2D eigenvalue weighted by molar-refractivity contribution is 6.36. The number of benzene rings is 1. The zero-order valence-electron chi connectivity index (χ0n) is 13.0. The van der Waals surface area contributed by atoms with E-state index in [9.17, 15) is 14.4 Å². The van der Waals surface area contributed by atoms with Gasteiger partial charge in [-0.2, -0.15) is 0 Å². The molecule has 0 aliphatic carbocycles. The van der Waals surface area contributed by atoms with Crippen molar-refractivity contribution in [1.82, 2.24) is 15.5 Å². The van der Waals surface area contributed by atoms with Crippen molar-refractivity contribution in [3.8, 4) is 0 Å². The first-order valence-electron chi connectivity index (χ1n) is 7.63. The molecule has 0 spiro atoms. The van der Waals surface area contributed by atoms with Crippen LogP contribution in [0.15, 0.2) is 18.2 Å². The molecule has 2 saturated heterocycles. The van der Waals surface area contributed by atoms with Crippen LogP contribution in [0.4, 0.5) is 10.5 Å². The van der Waals surface area contributed by atoms with Crippen molar-refractivity contribution in [2.75, 3.05) is 18.5 Å². The summed E-state index contributed by atoms with van der Waals surface area (Å²) in [6.07, 6.45) is 0.303. The lowest BCUT2D eigenvalue weighted by molar-refractivity contribution is -0.148. The van der Waals surface area contributed by atoms with Crippen LogP contribution >= 0.6 is 23.2 Å². The molecular weight excluding hydrogens is 371 g/mol. The molecule has 10 heteroatoms. The van der Waals surface area contributed by atoms with E-state index in [0.717, 1.165) is 0 Å². The number of nitrogens with zero attached hydrogens (tertiary/aromatic N) is 1. The minimum atomic E-state index is -0.927. The molecule has 0 radical (unpaired) electrons. The van der Waals surface area contributed by atoms with E-state index in [-0.39, 0.29) is 24.4 Å². The van der Waals surface area contributed by atoms with E-state index in [1.165, 1.54) is 11.0 Å². The highest BCUT2D eigenvalue weighted by Crippen LogP contribution is 2.26. The van der Waals surface area contributed by atoms with Crippen LogP contribution in [0.3, 0.4) is 0 Å². The molecule has 0 saturated carbocycles. The lowest BCUT2D eigenvalue weighted by atomic mass is 10.1. The minimum Gasteiger partial charge on any atom is -0.394 e. The quantitative estimate of drug-likeness (QED) is 0.608. The summed E-state index contributed by atoms with van der Waals surface area (Å²) in [6, 6.07) is 2.22. The van der Waals surface area contributed by atoms with Gasteiger partial charge in [0, 0.05) is 11.6 Å². The minimum absolute atomic E-state index is 0.204. The molecule has 2 heterocycles. The van der Waals surface area contributed by atoms with Crippen molar-refractivity contribution in [3.63, 3.8) is 0 Å². The molecule has 1 aromatic carbocycles. The number of halogens is 2. The molecule has 2 aliphatic rings. The molecule has 25 heavy (non-hydrogen) atoms. The van der Waals surface area contributed by atoms with Gasteiger partial charge in [0.05, 0.1) is 23.4 Å². The maximum absolute atomic E-state index is 12.2. The van der Waals surface area contributed by atoms with Gasteiger partial charge in [-0.25, -0.2) is 4.79 Å². The lowest BCUT2D eigenvalue weighted by Crippen LogP contribution is -2.62. The Hall–Kier alpha value is -2.03. The lowest BCUT2D eigenvalue weighted by Gasteiger charge is -2.33. The third-order valence-corrected chi connectivity index (χ3v) is 4.75. The van der Waals surface area contributed by atoms with Crippen LogP contribution in [0.25, 0.3) is 0 Å². The Morgan fingerprint density at radius 3 is 2.80 bits per heavy atom. The normalized spacial score (nSPS) is 25.4. The van der Waals surface area contributed by atoms with Gasteiger partial charge in [0.1, 0.15) is 12.1 Å². The highest BCUT2D eigenvalue weighted by Gasteiger charge is 2.46. The van der Waals surface area contributed by atoms with E-state index in [1.807, 2.05) is 0 Å². The molecule has 1 aromatic rings. The number of aliphatic hydroxyl groups is 1. The summed E-state index contributed by atoms with van der Waals surface area (Å²) in [5, 5.41) is 17.7. The van der Waals surface area contributed by atoms with Crippen molar-refractivity contribution in [1.29, 1.82) is 0 Å². The average Bonchev–Trinajstić information content (AvgIpc) is 2.98. The van der Waals surface area contributed by atoms with Gasteiger partial charge in [-0.05, 0) is 24.6 Å². The highest BCUT2D eigenvalue weighted by atomic mass is 35.5. The maximum Gasteiger partial charge on any atom is 0.319 e. The zero-order chi connectivity index (χ0) is 18.1. The van der Waals surface area contributed by atoms with Gasteiger partial charge in [0.2, 0.25) is 11.8 Å². The summed E-state index contributed by atoms with van der Waals surface area (Å²) >= 11 is 11.8. The average molecular weight is 387 g/mol. The van der Waals surface area contributed by atoms with E-state index < -0.39 is 24.7 Å². The summed E-state index contributed by atoms with van der Waals surface area (Å²) in [4.78, 5) is 37.7. The van der Waals surface area contributed by atoms with Gasteiger partial charge in [0.15, 0.2) is 0 Å². The fourth-order valence-corrected chi connectivity index (χ4v) is 3.48. The standard InChI is InChI=1S/C15H16Cl2N4O4/c16-7-1-2-10(9(17)3-7)20-15(25)18-8-4-12-13(23)19-11(6-22)14(24)21(12)5-8/h1-3,8,11-12,22H,4-6H2,(H,19,23)(H2,18,20,25)/t8-,11-,12-/m0/s1. The van der Waals surface area contributed by atoms with E-state index in [4.69, 9.17) is 28.3 Å². The molecule has 3 rings (SSSR count). The number of anilines is 1. The molecule has 134 valence electrons. The monoisotopic (exact) mass is 386 g/mol. The Kier molecular flexibility index (Phi) is 5.03. The summed E-state index contributed by atoms with van der Waals surface area (Å²) < 4.78 is 0. The Bertz CT molecular complexity index is 729. The fraction of sp³-hybridized carbons (Fsp3) is 0.400. The number of hydrogen-bond donors (Lipinski definition) is 4. The Morgan fingerprint density at radius 2 is 2.12 bits per heavy atom. The second-order valence-electron chi connectivity index (χ2n) is 5.91. The number of carbonyl (C=O) groups is 3. The SMILES string of the molecule is O=C(Nc1ccc(Cl)cc1Cl)N[C@H]1C[C@H]2C(=O)N[C@@H](CO)C(=O)N2C1. The zero-order valence-corrected chi connectivity index (χ0v) is 14.5. The topological polar surface area (TPSA) is 111 Å². The Morgan fingerprint density at radius 1 is 1.36 bits per heavy atom. The van der Waals surface area contributed by atoms with Crippen molar-refractivity contribution >= 4 is 46.7 Å². The fourth-order valence-electron chi connectivity index (χ4n) is 3.02. The Balaban J connectivity index is 1.62. The maximum atomic E-state index is 12.2. The number of fused-ring (bicyclic) bond motifs is 1. The molecule has 2 aliphatic heterocycles. The largest absolute Gasteiger partial charge is 0.394 e. The van der Waals surface area contributed by atoms with Crippen molar-refractivity contribution < 1.29 is 19.5 Å². The van der Waals surface area contributed by atoms with Crippen LogP contribution in [0, 0.1) is 0 Å². The summed E-state index contributed by atoms with van der Waals surface area (Å²) in [6.45, 7) is -0.253. The van der Waals surface area contributed by atoms with Crippen molar-refractivity contribution in [2.24, 2.45) is 0 Å². The first-order valence-corrected chi connectivity index (χ1v) is 8.39. The van der Waals surface area contributed by atoms with Gasteiger partial charge in [0.25, 0.3) is 0 Å². The number of carbonyl (C=O) groups excluding carboxylic acids is 3. The third-order valence-electron chi connectivity index (χ3n) is 4.20. The van der Waals surface area contributed by atoms with E-state index in [0.29, 0.717) is 22.2 Å². The van der Waals surface area contributed by atoms with Crippen LogP contribution < -0.4 is 16.0 Å². The van der Waals surface area contributed by atoms with Crippen LogP contribution in [0.5, 0.6) is 0 Å². The second kappa shape index (κ2) is 7.07. The molecule has 0 unspecified atom stereocenters. The summed E-state index contributed by atoms with van der Waals surface area (Å²) in [7, 11) is 0. The number of aliphatic hydroxyl groups excluding tert-OH is 1. The molecular formula is C15H16Cl2N4O4. The van der Waals surface area contributed by atoms with Gasteiger partial charge in [-0.3, -0.25) is 9.59 Å². The number of piperazine rings is 1. The molecule has 8 nitrogen and oxygen atoms in total. The molecule has 2 fully saturated rings. The molecule has 0 bridgehead atoms. The summed E-state index contributed by atoms with van der Waals surface area (Å²) in [5.74, 6) is -0.679. The van der Waals surface area contributed by atoms with Crippen LogP contribution in [-0.4, -0.2) is 59.1 Å². The number of rotatable bonds is 3. The Labute approximate surface area is 153 Å². The van der Waals surface area contributed by atoms with Crippen molar-refractivity contribution in [2.45, 2.75) is 24.5 Å². The number of nitrogens with one attached hydrogen (secondary N) is 3. The first-order chi connectivity index (χ1) is 11.9. The van der Waals surface area contributed by atoms with Gasteiger partial charge < -0.3 is 26.0 Å². The van der Waals surface area contributed by atoms with Gasteiger partial charge in [-0.1, -0.05) is 23.2 Å². The molecule has 0 aromatic heterocycles. The number of hydrogen-bond acceptors (Lipinski definition) is 4. The van der Waals surface area contributed by atoms with Gasteiger partial charge >= 0.3 is 6.03 Å².